The van der Waals surface area contributed by atoms with Crippen molar-refractivity contribution < 1.29 is 9.47 Å². The van der Waals surface area contributed by atoms with E-state index in [0.29, 0.717) is 13.2 Å². The number of hydrogen-bond acceptors (Lipinski definition) is 7. The molecule has 4 rings (SSSR count). The van der Waals surface area contributed by atoms with Crippen LogP contribution in [-0.4, -0.2) is 72.1 Å². The van der Waals surface area contributed by atoms with E-state index in [1.807, 2.05) is 22.9 Å². The fourth-order valence-electron chi connectivity index (χ4n) is 4.01. The zero-order chi connectivity index (χ0) is 20.8. The van der Waals surface area contributed by atoms with E-state index in [9.17, 15) is 0 Å². The fraction of sp³-hybridized carbons (Fsp3) is 0.409. The summed E-state index contributed by atoms with van der Waals surface area (Å²) >= 11 is 0. The van der Waals surface area contributed by atoms with Gasteiger partial charge < -0.3 is 14.4 Å². The van der Waals surface area contributed by atoms with Gasteiger partial charge in [0.15, 0.2) is 5.82 Å². The predicted octanol–water partition coefficient (Wildman–Crippen LogP) is 2.24. The van der Waals surface area contributed by atoms with Crippen LogP contribution in [0.5, 0.6) is 5.75 Å². The molecule has 158 valence electrons. The number of rotatable bonds is 8. The highest BCUT2D eigenvalue weighted by Crippen LogP contribution is 2.34. The maximum atomic E-state index is 5.69. The number of nitrogens with zero attached hydrogens (tertiary/aromatic N) is 6. The lowest BCUT2D eigenvalue weighted by molar-refractivity contribution is 0.171. The number of anilines is 1. The van der Waals surface area contributed by atoms with E-state index < -0.39 is 0 Å². The standard InChI is InChI=1S/C22H28N6O2/c1-29-17-16-28-22(23-24-25-28)21(19-10-6-7-11-20(19)30-2)27-14-12-26(13-15-27)18-8-4-3-5-9-18/h3-11,21H,12-17H2,1-2H3/t21-/m1/s1. The van der Waals surface area contributed by atoms with Gasteiger partial charge in [-0.05, 0) is 28.6 Å². The predicted molar refractivity (Wildman–Crippen MR) is 115 cm³/mol. The molecule has 1 atom stereocenters. The number of methoxy groups -OCH3 is 2. The molecule has 0 bridgehead atoms. The highest BCUT2D eigenvalue weighted by atomic mass is 16.5. The second kappa shape index (κ2) is 9.69. The van der Waals surface area contributed by atoms with Crippen LogP contribution in [-0.2, 0) is 11.3 Å². The molecule has 1 saturated heterocycles. The molecular weight excluding hydrogens is 380 g/mol. The van der Waals surface area contributed by atoms with Gasteiger partial charge in [0.25, 0.3) is 0 Å². The first-order chi connectivity index (χ1) is 14.8. The molecule has 8 heteroatoms. The first kappa shape index (κ1) is 20.3. The molecule has 0 aliphatic carbocycles. The van der Waals surface area contributed by atoms with Gasteiger partial charge in [0.2, 0.25) is 0 Å². The summed E-state index contributed by atoms with van der Waals surface area (Å²) in [6.07, 6.45) is 0. The molecule has 2 aromatic carbocycles. The van der Waals surface area contributed by atoms with Crippen LogP contribution in [0.4, 0.5) is 5.69 Å². The van der Waals surface area contributed by atoms with Crippen LogP contribution in [0.15, 0.2) is 54.6 Å². The summed E-state index contributed by atoms with van der Waals surface area (Å²) in [6.45, 7) is 4.83. The first-order valence-corrected chi connectivity index (χ1v) is 10.2. The number of ether oxygens (including phenoxy) is 2. The number of hydrogen-bond donors (Lipinski definition) is 0. The van der Waals surface area contributed by atoms with Gasteiger partial charge in [-0.25, -0.2) is 4.68 Å². The summed E-state index contributed by atoms with van der Waals surface area (Å²) in [4.78, 5) is 4.86. The Balaban J connectivity index is 1.63. The van der Waals surface area contributed by atoms with Crippen LogP contribution in [0, 0.1) is 0 Å². The second-order valence-corrected chi connectivity index (χ2v) is 7.26. The number of benzene rings is 2. The number of aromatic nitrogens is 4. The van der Waals surface area contributed by atoms with Crippen molar-refractivity contribution in [2.75, 3.05) is 51.9 Å². The third-order valence-electron chi connectivity index (χ3n) is 5.55. The minimum Gasteiger partial charge on any atom is -0.496 e. The van der Waals surface area contributed by atoms with Crippen LogP contribution in [0.3, 0.4) is 0 Å². The molecule has 1 aliphatic heterocycles. The van der Waals surface area contributed by atoms with Crippen molar-refractivity contribution in [2.45, 2.75) is 12.6 Å². The van der Waals surface area contributed by atoms with Crippen LogP contribution in [0.1, 0.15) is 17.4 Å². The Labute approximate surface area is 177 Å². The number of tetrazole rings is 1. The Morgan fingerprint density at radius 2 is 1.67 bits per heavy atom. The maximum absolute atomic E-state index is 5.69. The topological polar surface area (TPSA) is 68.5 Å². The summed E-state index contributed by atoms with van der Waals surface area (Å²) in [7, 11) is 3.39. The van der Waals surface area contributed by atoms with Gasteiger partial charge in [-0.2, -0.15) is 0 Å². The molecule has 0 unspecified atom stereocenters. The number of para-hydroxylation sites is 2. The van der Waals surface area contributed by atoms with E-state index in [1.165, 1.54) is 5.69 Å². The normalized spacial score (nSPS) is 15.9. The minimum absolute atomic E-state index is 0.0917. The molecule has 30 heavy (non-hydrogen) atoms. The Bertz CT molecular complexity index is 924. The van der Waals surface area contributed by atoms with Crippen LogP contribution >= 0.6 is 0 Å². The summed E-state index contributed by atoms with van der Waals surface area (Å²) in [5, 5.41) is 12.6. The minimum atomic E-state index is -0.0917. The Morgan fingerprint density at radius 1 is 0.933 bits per heavy atom. The molecule has 0 spiro atoms. The third kappa shape index (κ3) is 4.29. The highest BCUT2D eigenvalue weighted by Gasteiger charge is 2.32. The summed E-state index contributed by atoms with van der Waals surface area (Å²) < 4.78 is 12.8. The van der Waals surface area contributed by atoms with E-state index in [1.54, 1.807) is 14.2 Å². The van der Waals surface area contributed by atoms with Crippen LogP contribution < -0.4 is 9.64 Å². The van der Waals surface area contributed by atoms with Crippen LogP contribution in [0.25, 0.3) is 0 Å². The highest BCUT2D eigenvalue weighted by molar-refractivity contribution is 5.46. The largest absolute Gasteiger partial charge is 0.496 e. The molecule has 0 N–H and O–H groups in total. The smallest absolute Gasteiger partial charge is 0.173 e. The molecule has 3 aromatic rings. The Hall–Kier alpha value is -2.97. The molecular formula is C22H28N6O2. The fourth-order valence-corrected chi connectivity index (χ4v) is 4.01. The van der Waals surface area contributed by atoms with Gasteiger partial charge in [-0.1, -0.05) is 36.4 Å². The average Bonchev–Trinajstić information content (AvgIpc) is 3.27. The molecule has 2 heterocycles. The Morgan fingerprint density at radius 3 is 2.40 bits per heavy atom. The molecule has 1 aromatic heterocycles. The Kier molecular flexibility index (Phi) is 6.56. The van der Waals surface area contributed by atoms with Crippen molar-refractivity contribution in [2.24, 2.45) is 0 Å². The van der Waals surface area contributed by atoms with Gasteiger partial charge in [-0.3, -0.25) is 4.90 Å². The molecule has 0 saturated carbocycles. The molecule has 0 amide bonds. The summed E-state index contributed by atoms with van der Waals surface area (Å²) in [5.74, 6) is 1.65. The lowest BCUT2D eigenvalue weighted by Gasteiger charge is -2.40. The maximum Gasteiger partial charge on any atom is 0.173 e. The molecule has 1 fully saturated rings. The summed E-state index contributed by atoms with van der Waals surface area (Å²) in [6, 6.07) is 18.6. The third-order valence-corrected chi connectivity index (χ3v) is 5.55. The van der Waals surface area contributed by atoms with Crippen molar-refractivity contribution in [1.29, 1.82) is 0 Å². The monoisotopic (exact) mass is 408 g/mol. The van der Waals surface area contributed by atoms with Crippen molar-refractivity contribution >= 4 is 5.69 Å². The SMILES string of the molecule is COCCn1nnnc1[C@@H](c1ccccc1OC)N1CCN(c2ccccc2)CC1. The lowest BCUT2D eigenvalue weighted by Crippen LogP contribution is -2.48. The van der Waals surface area contributed by atoms with E-state index >= 15 is 0 Å². The van der Waals surface area contributed by atoms with Crippen molar-refractivity contribution in [1.82, 2.24) is 25.1 Å². The van der Waals surface area contributed by atoms with Gasteiger partial charge in [0.05, 0.1) is 20.3 Å². The van der Waals surface area contributed by atoms with E-state index in [4.69, 9.17) is 9.47 Å². The van der Waals surface area contributed by atoms with Gasteiger partial charge >= 0.3 is 0 Å². The molecule has 1 aliphatic rings. The van der Waals surface area contributed by atoms with Gasteiger partial charge in [-0.15, -0.1) is 5.10 Å². The van der Waals surface area contributed by atoms with Gasteiger partial charge in [0, 0.05) is 44.5 Å². The summed E-state index contributed by atoms with van der Waals surface area (Å²) in [5.41, 5.74) is 2.33. The molecule has 0 radical (unpaired) electrons. The van der Waals surface area contributed by atoms with Crippen molar-refractivity contribution in [3.8, 4) is 5.75 Å². The van der Waals surface area contributed by atoms with Crippen LogP contribution in [0.2, 0.25) is 0 Å². The zero-order valence-electron chi connectivity index (χ0n) is 17.5. The quantitative estimate of drug-likeness (QED) is 0.566. The average molecular weight is 409 g/mol. The number of piperazine rings is 1. The zero-order valence-corrected chi connectivity index (χ0v) is 17.5. The van der Waals surface area contributed by atoms with Crippen molar-refractivity contribution in [3.05, 3.63) is 66.0 Å². The second-order valence-electron chi connectivity index (χ2n) is 7.26. The lowest BCUT2D eigenvalue weighted by atomic mass is 10.0. The van der Waals surface area contributed by atoms with E-state index in [-0.39, 0.29) is 6.04 Å². The van der Waals surface area contributed by atoms with Crippen molar-refractivity contribution in [3.63, 3.8) is 0 Å². The molecule has 8 nitrogen and oxygen atoms in total. The van der Waals surface area contributed by atoms with E-state index in [0.717, 1.165) is 43.3 Å². The van der Waals surface area contributed by atoms with E-state index in [2.05, 4.69) is 61.7 Å². The first-order valence-electron chi connectivity index (χ1n) is 10.2. The van der Waals surface area contributed by atoms with Gasteiger partial charge in [0.1, 0.15) is 11.8 Å².